The van der Waals surface area contributed by atoms with Gasteiger partial charge in [-0.05, 0) is 18.4 Å². The van der Waals surface area contributed by atoms with Crippen molar-refractivity contribution in [2.24, 2.45) is 0 Å². The Morgan fingerprint density at radius 3 is 2.92 bits per heavy atom. The molecule has 0 bridgehead atoms. The molecule has 0 amide bonds. The van der Waals surface area contributed by atoms with E-state index in [1.807, 2.05) is 12.3 Å². The molecule has 0 saturated carbocycles. The zero-order chi connectivity index (χ0) is 9.68. The van der Waals surface area contributed by atoms with E-state index in [1.165, 1.54) is 24.0 Å². The maximum atomic E-state index is 12.8. The van der Waals surface area contributed by atoms with E-state index in [2.05, 4.69) is 11.6 Å². The van der Waals surface area contributed by atoms with Crippen LogP contribution in [0.5, 0.6) is 0 Å². The third kappa shape index (κ3) is 2.70. The number of nitrogens with zero attached hydrogens (tertiary/aromatic N) is 1. The molecule has 1 aromatic heterocycles. The van der Waals surface area contributed by atoms with Crippen LogP contribution < -0.4 is 0 Å². The summed E-state index contributed by atoms with van der Waals surface area (Å²) in [5.41, 5.74) is 0.785. The van der Waals surface area contributed by atoms with E-state index in [-0.39, 0.29) is 5.82 Å². The third-order valence-corrected chi connectivity index (χ3v) is 2.29. The summed E-state index contributed by atoms with van der Waals surface area (Å²) in [7, 11) is 0. The van der Waals surface area contributed by atoms with Crippen LogP contribution in [0.25, 0.3) is 4.91 Å². The monoisotopic (exact) mass is 195 g/mol. The first-order valence-corrected chi connectivity index (χ1v) is 4.98. The number of allylic oxidation sites excluding steroid dienone is 2. The lowest BCUT2D eigenvalue weighted by atomic mass is 10.2. The number of rotatable bonds is 3. The zero-order valence-electron chi connectivity index (χ0n) is 7.33. The molecule has 13 heavy (non-hydrogen) atoms. The summed E-state index contributed by atoms with van der Waals surface area (Å²) in [5.74, 6) is -0.318. The van der Waals surface area contributed by atoms with Crippen LogP contribution in [-0.2, 0) is 0 Å². The molecule has 0 unspecified atom stereocenters. The molecule has 0 aromatic carbocycles. The van der Waals surface area contributed by atoms with Crippen molar-refractivity contribution in [2.75, 3.05) is 6.26 Å². The maximum absolute atomic E-state index is 12.8. The SMILES string of the molecule is C=C/C=C(\SC)c1cncc(F)c1. The van der Waals surface area contributed by atoms with Crippen LogP contribution in [-0.4, -0.2) is 11.2 Å². The second-order valence-corrected chi connectivity index (χ2v) is 3.21. The van der Waals surface area contributed by atoms with Crippen LogP contribution in [0.4, 0.5) is 4.39 Å². The second-order valence-electron chi connectivity index (χ2n) is 2.36. The highest BCUT2D eigenvalue weighted by molar-refractivity contribution is 8.07. The molecule has 0 radical (unpaired) electrons. The fraction of sp³-hybridized carbons (Fsp3) is 0.100. The van der Waals surface area contributed by atoms with Gasteiger partial charge >= 0.3 is 0 Å². The molecule has 0 fully saturated rings. The molecule has 0 aliphatic carbocycles. The summed E-state index contributed by atoms with van der Waals surface area (Å²) in [6.45, 7) is 3.59. The Bertz CT molecular complexity index is 333. The van der Waals surface area contributed by atoms with Crippen molar-refractivity contribution >= 4 is 16.7 Å². The molecule has 1 heterocycles. The van der Waals surface area contributed by atoms with Gasteiger partial charge in [0.15, 0.2) is 0 Å². The average molecular weight is 195 g/mol. The molecule has 0 spiro atoms. The van der Waals surface area contributed by atoms with Gasteiger partial charge in [0, 0.05) is 16.7 Å². The Morgan fingerprint density at radius 1 is 1.62 bits per heavy atom. The third-order valence-electron chi connectivity index (χ3n) is 1.48. The fourth-order valence-electron chi connectivity index (χ4n) is 0.936. The minimum absolute atomic E-state index is 0.318. The van der Waals surface area contributed by atoms with Gasteiger partial charge in [0.1, 0.15) is 5.82 Å². The Labute approximate surface area is 81.4 Å². The molecular weight excluding hydrogens is 185 g/mol. The lowest BCUT2D eigenvalue weighted by Gasteiger charge is -2.01. The molecule has 0 aliphatic heterocycles. The van der Waals surface area contributed by atoms with Gasteiger partial charge in [0.25, 0.3) is 0 Å². The van der Waals surface area contributed by atoms with Gasteiger partial charge < -0.3 is 0 Å². The fourth-order valence-corrected chi connectivity index (χ4v) is 1.52. The molecule has 1 nitrogen and oxygen atoms in total. The summed E-state index contributed by atoms with van der Waals surface area (Å²) >= 11 is 1.54. The molecule has 0 N–H and O–H groups in total. The van der Waals surface area contributed by atoms with Crippen molar-refractivity contribution in [3.8, 4) is 0 Å². The van der Waals surface area contributed by atoms with Crippen LogP contribution in [0.1, 0.15) is 5.56 Å². The number of halogens is 1. The van der Waals surface area contributed by atoms with Crippen molar-refractivity contribution < 1.29 is 4.39 Å². The lowest BCUT2D eigenvalue weighted by molar-refractivity contribution is 0.621. The number of pyridine rings is 1. The number of aromatic nitrogens is 1. The van der Waals surface area contributed by atoms with E-state index in [0.717, 1.165) is 10.5 Å². The van der Waals surface area contributed by atoms with Gasteiger partial charge in [-0.1, -0.05) is 12.7 Å². The van der Waals surface area contributed by atoms with E-state index in [1.54, 1.807) is 12.3 Å². The smallest absolute Gasteiger partial charge is 0.142 e. The van der Waals surface area contributed by atoms with E-state index in [0.29, 0.717) is 0 Å². The summed E-state index contributed by atoms with van der Waals surface area (Å²) in [4.78, 5) is 4.73. The van der Waals surface area contributed by atoms with Gasteiger partial charge in [0.2, 0.25) is 0 Å². The molecule has 0 aliphatic rings. The number of hydrogen-bond donors (Lipinski definition) is 0. The zero-order valence-corrected chi connectivity index (χ0v) is 8.14. The molecule has 1 aromatic rings. The minimum Gasteiger partial charge on any atom is -0.261 e. The Kier molecular flexibility index (Phi) is 3.71. The first-order chi connectivity index (χ1) is 6.27. The molecule has 1 rings (SSSR count). The van der Waals surface area contributed by atoms with Gasteiger partial charge in [0.05, 0.1) is 6.20 Å². The van der Waals surface area contributed by atoms with Crippen LogP contribution in [0, 0.1) is 5.82 Å². The standard InChI is InChI=1S/C10H10FNS/c1-3-4-10(13-2)8-5-9(11)7-12-6-8/h3-7H,1H2,2H3/b10-4-. The molecule has 0 atom stereocenters. The number of thioether (sulfide) groups is 1. The Morgan fingerprint density at radius 2 is 2.38 bits per heavy atom. The summed E-state index contributed by atoms with van der Waals surface area (Å²) in [6, 6.07) is 1.46. The largest absolute Gasteiger partial charge is 0.261 e. The van der Waals surface area contributed by atoms with Gasteiger partial charge in [-0.2, -0.15) is 0 Å². The van der Waals surface area contributed by atoms with E-state index >= 15 is 0 Å². The van der Waals surface area contributed by atoms with Gasteiger partial charge in [-0.15, -0.1) is 11.8 Å². The van der Waals surface area contributed by atoms with E-state index < -0.39 is 0 Å². The van der Waals surface area contributed by atoms with Crippen LogP contribution in [0.2, 0.25) is 0 Å². The second kappa shape index (κ2) is 4.82. The van der Waals surface area contributed by atoms with Crippen molar-refractivity contribution in [2.45, 2.75) is 0 Å². The van der Waals surface area contributed by atoms with Gasteiger partial charge in [-0.3, -0.25) is 4.98 Å². The van der Waals surface area contributed by atoms with Crippen LogP contribution in [0.15, 0.2) is 37.2 Å². The maximum Gasteiger partial charge on any atom is 0.142 e. The molecular formula is C10H10FNS. The van der Waals surface area contributed by atoms with Crippen molar-refractivity contribution in [3.05, 3.63) is 48.6 Å². The van der Waals surface area contributed by atoms with Crippen molar-refractivity contribution in [3.63, 3.8) is 0 Å². The van der Waals surface area contributed by atoms with Crippen LogP contribution in [0.3, 0.4) is 0 Å². The summed E-state index contributed by atoms with van der Waals surface area (Å²) < 4.78 is 12.8. The van der Waals surface area contributed by atoms with Crippen LogP contribution >= 0.6 is 11.8 Å². The Balaban J connectivity index is 3.05. The summed E-state index contributed by atoms with van der Waals surface area (Å²) in [5, 5.41) is 0. The highest BCUT2D eigenvalue weighted by Gasteiger charge is 2.00. The summed E-state index contributed by atoms with van der Waals surface area (Å²) in [6.07, 6.45) is 8.27. The number of hydrogen-bond acceptors (Lipinski definition) is 2. The first-order valence-electron chi connectivity index (χ1n) is 3.75. The predicted octanol–water partition coefficient (Wildman–Crippen LogP) is 3.11. The van der Waals surface area contributed by atoms with Crippen molar-refractivity contribution in [1.29, 1.82) is 0 Å². The first kappa shape index (κ1) is 9.99. The topological polar surface area (TPSA) is 12.9 Å². The highest BCUT2D eigenvalue weighted by Crippen LogP contribution is 2.24. The van der Waals surface area contributed by atoms with Gasteiger partial charge in [-0.25, -0.2) is 4.39 Å². The normalized spacial score (nSPS) is 11.4. The lowest BCUT2D eigenvalue weighted by Crippen LogP contribution is -1.84. The average Bonchev–Trinajstić information content (AvgIpc) is 2.14. The quantitative estimate of drug-likeness (QED) is 0.687. The minimum atomic E-state index is -0.318. The highest BCUT2D eigenvalue weighted by atomic mass is 32.2. The molecule has 68 valence electrons. The Hall–Kier alpha value is -1.09. The predicted molar refractivity (Wildman–Crippen MR) is 55.9 cm³/mol. The molecule has 0 saturated heterocycles. The van der Waals surface area contributed by atoms with Crippen molar-refractivity contribution in [1.82, 2.24) is 4.98 Å². The molecule has 3 heteroatoms. The van der Waals surface area contributed by atoms with E-state index in [9.17, 15) is 4.39 Å². The van der Waals surface area contributed by atoms with E-state index in [4.69, 9.17) is 0 Å².